The van der Waals surface area contributed by atoms with Crippen molar-refractivity contribution in [3.05, 3.63) is 46.0 Å². The van der Waals surface area contributed by atoms with Crippen LogP contribution in [0.15, 0.2) is 29.1 Å². The third-order valence-corrected chi connectivity index (χ3v) is 2.48. The summed E-state index contributed by atoms with van der Waals surface area (Å²) in [6.45, 7) is 0.166. The standard InChI is InChI=1S/C11H11FN2O/c1-14-10-7(3-2-4-9(10)12)5-8(6-13)11(14)15/h2-5H,6,13H2,1H3. The molecule has 0 saturated heterocycles. The van der Waals surface area contributed by atoms with E-state index < -0.39 is 5.82 Å². The summed E-state index contributed by atoms with van der Waals surface area (Å²) in [6, 6.07) is 6.35. The van der Waals surface area contributed by atoms with Crippen LogP contribution in [0.25, 0.3) is 10.9 Å². The minimum absolute atomic E-state index is 0.166. The van der Waals surface area contributed by atoms with Gasteiger partial charge in [0.15, 0.2) is 0 Å². The first-order valence-electron chi connectivity index (χ1n) is 4.62. The van der Waals surface area contributed by atoms with E-state index in [4.69, 9.17) is 5.73 Å². The normalized spacial score (nSPS) is 10.9. The Morgan fingerprint density at radius 1 is 1.47 bits per heavy atom. The summed E-state index contributed by atoms with van der Waals surface area (Å²) < 4.78 is 14.8. The van der Waals surface area contributed by atoms with E-state index in [9.17, 15) is 9.18 Å². The summed E-state index contributed by atoms with van der Waals surface area (Å²) in [5.74, 6) is -0.393. The molecule has 0 unspecified atom stereocenters. The van der Waals surface area contributed by atoms with Gasteiger partial charge >= 0.3 is 0 Å². The van der Waals surface area contributed by atoms with E-state index in [1.807, 2.05) is 0 Å². The number of rotatable bonds is 1. The van der Waals surface area contributed by atoms with E-state index in [2.05, 4.69) is 0 Å². The second-order valence-corrected chi connectivity index (χ2v) is 3.42. The predicted octanol–water partition coefficient (Wildman–Crippen LogP) is 1.14. The summed E-state index contributed by atoms with van der Waals surface area (Å²) in [7, 11) is 1.55. The topological polar surface area (TPSA) is 48.0 Å². The van der Waals surface area contributed by atoms with Gasteiger partial charge in [-0.15, -0.1) is 0 Å². The highest BCUT2D eigenvalue weighted by Gasteiger charge is 2.08. The van der Waals surface area contributed by atoms with Gasteiger partial charge in [-0.25, -0.2) is 4.39 Å². The number of hydrogen-bond acceptors (Lipinski definition) is 2. The van der Waals surface area contributed by atoms with Gasteiger partial charge in [0.05, 0.1) is 5.52 Å². The van der Waals surface area contributed by atoms with Crippen molar-refractivity contribution in [3.63, 3.8) is 0 Å². The van der Waals surface area contributed by atoms with Crippen molar-refractivity contribution in [2.24, 2.45) is 12.8 Å². The molecular weight excluding hydrogens is 195 g/mol. The fourth-order valence-corrected chi connectivity index (χ4v) is 1.71. The number of nitrogens with two attached hydrogens (primary N) is 1. The fourth-order valence-electron chi connectivity index (χ4n) is 1.71. The Kier molecular flexibility index (Phi) is 2.28. The highest BCUT2D eigenvalue weighted by Crippen LogP contribution is 2.16. The molecule has 0 amide bonds. The lowest BCUT2D eigenvalue weighted by Gasteiger charge is -2.07. The molecule has 0 aliphatic carbocycles. The molecule has 1 aromatic carbocycles. The average molecular weight is 206 g/mol. The first-order chi connectivity index (χ1) is 7.15. The van der Waals surface area contributed by atoms with Crippen molar-refractivity contribution in [1.82, 2.24) is 4.57 Å². The third kappa shape index (κ3) is 1.43. The third-order valence-electron chi connectivity index (χ3n) is 2.48. The molecule has 2 N–H and O–H groups in total. The van der Waals surface area contributed by atoms with Gasteiger partial charge in [0.1, 0.15) is 5.82 Å². The largest absolute Gasteiger partial charge is 0.326 e. The number of hydrogen-bond donors (Lipinski definition) is 1. The second-order valence-electron chi connectivity index (χ2n) is 3.42. The van der Waals surface area contributed by atoms with E-state index in [-0.39, 0.29) is 12.1 Å². The first-order valence-corrected chi connectivity index (χ1v) is 4.62. The van der Waals surface area contributed by atoms with Gasteiger partial charge in [-0.3, -0.25) is 4.79 Å². The van der Waals surface area contributed by atoms with Crippen LogP contribution < -0.4 is 11.3 Å². The van der Waals surface area contributed by atoms with E-state index >= 15 is 0 Å². The van der Waals surface area contributed by atoms with Crippen LogP contribution in [0.4, 0.5) is 4.39 Å². The smallest absolute Gasteiger partial charge is 0.255 e. The monoisotopic (exact) mass is 206 g/mol. The SMILES string of the molecule is Cn1c(=O)c(CN)cc2cccc(F)c21. The zero-order chi connectivity index (χ0) is 11.0. The molecule has 78 valence electrons. The van der Waals surface area contributed by atoms with Gasteiger partial charge in [-0.1, -0.05) is 12.1 Å². The summed E-state index contributed by atoms with van der Waals surface area (Å²) in [5, 5.41) is 0.692. The first kappa shape index (κ1) is 9.86. The van der Waals surface area contributed by atoms with E-state index in [1.165, 1.54) is 10.6 Å². The number of halogens is 1. The van der Waals surface area contributed by atoms with Gasteiger partial charge in [-0.05, 0) is 12.1 Å². The second kappa shape index (κ2) is 3.47. The van der Waals surface area contributed by atoms with Crippen molar-refractivity contribution >= 4 is 10.9 Å². The molecule has 0 atom stereocenters. The van der Waals surface area contributed by atoms with Crippen molar-refractivity contribution in [1.29, 1.82) is 0 Å². The molecule has 1 heterocycles. The highest BCUT2D eigenvalue weighted by molar-refractivity contribution is 5.80. The molecule has 2 rings (SSSR count). The van der Waals surface area contributed by atoms with Crippen LogP contribution in [-0.4, -0.2) is 4.57 Å². The van der Waals surface area contributed by atoms with E-state index in [1.54, 1.807) is 25.2 Å². The minimum atomic E-state index is -0.393. The number of fused-ring (bicyclic) bond motifs is 1. The number of nitrogens with zero attached hydrogens (tertiary/aromatic N) is 1. The minimum Gasteiger partial charge on any atom is -0.326 e. The lowest BCUT2D eigenvalue weighted by molar-refractivity contribution is 0.629. The number of aryl methyl sites for hydroxylation is 1. The van der Waals surface area contributed by atoms with Crippen LogP contribution in [0.3, 0.4) is 0 Å². The summed E-state index contributed by atoms with van der Waals surface area (Å²) in [6.07, 6.45) is 0. The molecule has 0 saturated carbocycles. The molecule has 0 spiro atoms. The van der Waals surface area contributed by atoms with Gasteiger partial charge in [0.2, 0.25) is 0 Å². The van der Waals surface area contributed by atoms with Gasteiger partial charge in [0, 0.05) is 24.5 Å². The highest BCUT2D eigenvalue weighted by atomic mass is 19.1. The summed E-state index contributed by atoms with van der Waals surface area (Å²) in [5.41, 5.74) is 6.02. The van der Waals surface area contributed by atoms with Crippen LogP contribution in [0.1, 0.15) is 5.56 Å². The molecule has 0 bridgehead atoms. The molecule has 0 aliphatic rings. The Hall–Kier alpha value is -1.68. The Labute approximate surface area is 85.9 Å². The quantitative estimate of drug-likeness (QED) is 0.760. The van der Waals surface area contributed by atoms with Crippen LogP contribution in [0, 0.1) is 5.82 Å². The van der Waals surface area contributed by atoms with E-state index in [0.717, 1.165) is 0 Å². The zero-order valence-corrected chi connectivity index (χ0v) is 8.33. The van der Waals surface area contributed by atoms with Crippen LogP contribution in [0.5, 0.6) is 0 Å². The van der Waals surface area contributed by atoms with Crippen LogP contribution in [0.2, 0.25) is 0 Å². The molecule has 0 fully saturated rings. The van der Waals surface area contributed by atoms with Crippen molar-refractivity contribution in [3.8, 4) is 0 Å². The van der Waals surface area contributed by atoms with Crippen molar-refractivity contribution in [2.75, 3.05) is 0 Å². The molecule has 2 aromatic rings. The Bertz CT molecular complexity index is 575. The van der Waals surface area contributed by atoms with E-state index in [0.29, 0.717) is 16.5 Å². The Morgan fingerprint density at radius 2 is 2.20 bits per heavy atom. The van der Waals surface area contributed by atoms with Gasteiger partial charge in [-0.2, -0.15) is 0 Å². The summed E-state index contributed by atoms with van der Waals surface area (Å²) in [4.78, 5) is 11.7. The number of aromatic nitrogens is 1. The van der Waals surface area contributed by atoms with Crippen LogP contribution >= 0.6 is 0 Å². The lowest BCUT2D eigenvalue weighted by Crippen LogP contribution is -2.23. The number of para-hydroxylation sites is 1. The maximum atomic E-state index is 13.5. The Balaban J connectivity index is 2.98. The maximum Gasteiger partial charge on any atom is 0.255 e. The molecule has 15 heavy (non-hydrogen) atoms. The number of benzene rings is 1. The Morgan fingerprint density at radius 3 is 2.87 bits per heavy atom. The molecule has 0 radical (unpaired) electrons. The van der Waals surface area contributed by atoms with Gasteiger partial charge in [0.25, 0.3) is 5.56 Å². The van der Waals surface area contributed by atoms with Crippen molar-refractivity contribution in [2.45, 2.75) is 6.54 Å². The molecule has 3 nitrogen and oxygen atoms in total. The molecule has 1 aromatic heterocycles. The molecule has 4 heteroatoms. The van der Waals surface area contributed by atoms with Crippen LogP contribution in [-0.2, 0) is 13.6 Å². The predicted molar refractivity (Wildman–Crippen MR) is 57.0 cm³/mol. The molecular formula is C11H11FN2O. The maximum absolute atomic E-state index is 13.5. The van der Waals surface area contributed by atoms with Crippen molar-refractivity contribution < 1.29 is 4.39 Å². The lowest BCUT2D eigenvalue weighted by atomic mass is 10.1. The summed E-state index contributed by atoms with van der Waals surface area (Å²) >= 11 is 0. The number of pyridine rings is 1. The average Bonchev–Trinajstić information content (AvgIpc) is 2.23. The molecule has 0 aliphatic heterocycles. The fraction of sp³-hybridized carbons (Fsp3) is 0.182. The zero-order valence-electron chi connectivity index (χ0n) is 8.33. The van der Waals surface area contributed by atoms with Gasteiger partial charge < -0.3 is 10.3 Å².